The number of amides is 1. The molecular formula is C17H25N3O. The first kappa shape index (κ1) is 14.4. The third-order valence-electron chi connectivity index (χ3n) is 4.96. The van der Waals surface area contributed by atoms with Crippen molar-refractivity contribution < 1.29 is 4.79 Å². The summed E-state index contributed by atoms with van der Waals surface area (Å²) in [6.45, 7) is 1.17. The number of benzene rings is 1. The van der Waals surface area contributed by atoms with Crippen LogP contribution in [0.15, 0.2) is 24.3 Å². The molecule has 4 N–H and O–H groups in total. The van der Waals surface area contributed by atoms with Crippen LogP contribution in [-0.4, -0.2) is 24.5 Å². The summed E-state index contributed by atoms with van der Waals surface area (Å²) in [4.78, 5) is 11.1. The minimum atomic E-state index is -0.368. The van der Waals surface area contributed by atoms with Crippen LogP contribution in [0.2, 0.25) is 0 Å². The first-order chi connectivity index (χ1) is 10.2. The van der Waals surface area contributed by atoms with Crippen LogP contribution in [0.3, 0.4) is 0 Å². The molecule has 0 bridgehead atoms. The van der Waals surface area contributed by atoms with Crippen LogP contribution in [0.4, 0.5) is 5.69 Å². The lowest BCUT2D eigenvalue weighted by molar-refractivity contribution is 0.100. The van der Waals surface area contributed by atoms with E-state index < -0.39 is 0 Å². The number of hydrogen-bond acceptors (Lipinski definition) is 3. The summed E-state index contributed by atoms with van der Waals surface area (Å²) >= 11 is 0. The number of primary amides is 1. The van der Waals surface area contributed by atoms with Crippen molar-refractivity contribution in [2.24, 2.45) is 11.7 Å². The normalized spacial score (nSPS) is 29.2. The van der Waals surface area contributed by atoms with Crippen molar-refractivity contribution in [1.82, 2.24) is 5.32 Å². The maximum Gasteiger partial charge on any atom is 0.248 e. The molecule has 1 aromatic rings. The molecule has 3 atom stereocenters. The molecule has 1 saturated carbocycles. The van der Waals surface area contributed by atoms with Gasteiger partial charge in [0.1, 0.15) is 0 Å². The van der Waals surface area contributed by atoms with Crippen LogP contribution >= 0.6 is 0 Å². The van der Waals surface area contributed by atoms with Crippen molar-refractivity contribution in [3.8, 4) is 0 Å². The Morgan fingerprint density at radius 2 is 1.86 bits per heavy atom. The second kappa shape index (κ2) is 6.48. The summed E-state index contributed by atoms with van der Waals surface area (Å²) in [5.74, 6) is 0.351. The summed E-state index contributed by atoms with van der Waals surface area (Å²) in [7, 11) is 0. The predicted octanol–water partition coefficient (Wildman–Crippen LogP) is 2.51. The molecule has 4 heteroatoms. The first-order valence-electron chi connectivity index (χ1n) is 8.14. The molecule has 1 amide bonds. The summed E-state index contributed by atoms with van der Waals surface area (Å²) in [5.41, 5.74) is 6.95. The number of nitrogens with two attached hydrogens (primary N) is 1. The highest BCUT2D eigenvalue weighted by molar-refractivity contribution is 5.93. The van der Waals surface area contributed by atoms with Gasteiger partial charge in [-0.3, -0.25) is 4.79 Å². The number of nitrogens with one attached hydrogen (secondary N) is 2. The maximum atomic E-state index is 11.1. The molecule has 1 aliphatic carbocycles. The molecule has 21 heavy (non-hydrogen) atoms. The standard InChI is InChI=1S/C17H25N3O/c18-17(21)12-7-9-13(10-8-12)20-16-5-2-1-4-14(16)15-6-3-11-19-15/h7-10,14-16,19-20H,1-6,11H2,(H2,18,21). The van der Waals surface area contributed by atoms with Gasteiger partial charge in [-0.2, -0.15) is 0 Å². The average molecular weight is 287 g/mol. The fourth-order valence-electron chi connectivity index (χ4n) is 3.84. The molecular weight excluding hydrogens is 262 g/mol. The van der Waals surface area contributed by atoms with E-state index in [1.165, 1.54) is 45.1 Å². The lowest BCUT2D eigenvalue weighted by Crippen LogP contribution is -2.43. The smallest absolute Gasteiger partial charge is 0.248 e. The van der Waals surface area contributed by atoms with Gasteiger partial charge in [-0.15, -0.1) is 0 Å². The van der Waals surface area contributed by atoms with Gasteiger partial charge >= 0.3 is 0 Å². The van der Waals surface area contributed by atoms with E-state index in [1.807, 2.05) is 12.1 Å². The molecule has 114 valence electrons. The van der Waals surface area contributed by atoms with Gasteiger partial charge in [0.05, 0.1) is 0 Å². The fourth-order valence-corrected chi connectivity index (χ4v) is 3.84. The fraction of sp³-hybridized carbons (Fsp3) is 0.588. The Bertz CT molecular complexity index is 479. The Hall–Kier alpha value is -1.55. The Morgan fingerprint density at radius 1 is 1.10 bits per heavy atom. The maximum absolute atomic E-state index is 11.1. The zero-order valence-electron chi connectivity index (χ0n) is 12.5. The van der Waals surface area contributed by atoms with Gasteiger partial charge in [0, 0.05) is 23.3 Å². The van der Waals surface area contributed by atoms with Crippen molar-refractivity contribution in [1.29, 1.82) is 0 Å². The van der Waals surface area contributed by atoms with Crippen LogP contribution in [0.5, 0.6) is 0 Å². The van der Waals surface area contributed by atoms with Crippen LogP contribution in [0.25, 0.3) is 0 Å². The minimum Gasteiger partial charge on any atom is -0.382 e. The lowest BCUT2D eigenvalue weighted by Gasteiger charge is -2.36. The SMILES string of the molecule is NC(=O)c1ccc(NC2CCCCC2C2CCCN2)cc1. The highest BCUT2D eigenvalue weighted by Crippen LogP contribution is 2.32. The Balaban J connectivity index is 1.67. The highest BCUT2D eigenvalue weighted by Gasteiger charge is 2.33. The van der Waals surface area contributed by atoms with E-state index in [1.54, 1.807) is 12.1 Å². The number of hydrogen-bond donors (Lipinski definition) is 3. The van der Waals surface area contributed by atoms with Crippen LogP contribution in [0.1, 0.15) is 48.9 Å². The summed E-state index contributed by atoms with van der Waals surface area (Å²) < 4.78 is 0. The molecule has 2 fully saturated rings. The van der Waals surface area contributed by atoms with E-state index in [2.05, 4.69) is 10.6 Å². The van der Waals surface area contributed by atoms with Crippen LogP contribution in [0, 0.1) is 5.92 Å². The van der Waals surface area contributed by atoms with E-state index >= 15 is 0 Å². The second-order valence-electron chi connectivity index (χ2n) is 6.34. The molecule has 3 rings (SSSR count). The molecule has 1 heterocycles. The summed E-state index contributed by atoms with van der Waals surface area (Å²) in [6, 6.07) is 8.75. The van der Waals surface area contributed by atoms with Gasteiger partial charge in [-0.25, -0.2) is 0 Å². The van der Waals surface area contributed by atoms with Crippen molar-refractivity contribution in [2.75, 3.05) is 11.9 Å². The first-order valence-corrected chi connectivity index (χ1v) is 8.14. The quantitative estimate of drug-likeness (QED) is 0.797. The van der Waals surface area contributed by atoms with E-state index in [-0.39, 0.29) is 5.91 Å². The third kappa shape index (κ3) is 3.38. The Morgan fingerprint density at radius 3 is 2.52 bits per heavy atom. The molecule has 0 spiro atoms. The monoisotopic (exact) mass is 287 g/mol. The molecule has 3 unspecified atom stereocenters. The van der Waals surface area contributed by atoms with E-state index in [0.717, 1.165) is 11.6 Å². The number of rotatable bonds is 4. The van der Waals surface area contributed by atoms with Crippen molar-refractivity contribution in [3.05, 3.63) is 29.8 Å². The predicted molar refractivity (Wildman–Crippen MR) is 85.4 cm³/mol. The second-order valence-corrected chi connectivity index (χ2v) is 6.34. The zero-order valence-corrected chi connectivity index (χ0v) is 12.5. The molecule has 0 aromatic heterocycles. The van der Waals surface area contributed by atoms with Gasteiger partial charge in [0.15, 0.2) is 0 Å². The van der Waals surface area contributed by atoms with Crippen LogP contribution < -0.4 is 16.4 Å². The number of carbonyl (C=O) groups excluding carboxylic acids is 1. The van der Waals surface area contributed by atoms with Gasteiger partial charge in [0.2, 0.25) is 5.91 Å². The topological polar surface area (TPSA) is 67.2 Å². The van der Waals surface area contributed by atoms with Gasteiger partial charge in [-0.05, 0) is 62.4 Å². The average Bonchev–Trinajstić information content (AvgIpc) is 3.02. The van der Waals surface area contributed by atoms with Gasteiger partial charge in [-0.1, -0.05) is 12.8 Å². The minimum absolute atomic E-state index is 0.368. The molecule has 2 aliphatic rings. The molecule has 1 aromatic carbocycles. The summed E-state index contributed by atoms with van der Waals surface area (Å²) in [6.07, 6.45) is 7.82. The Kier molecular flexibility index (Phi) is 4.44. The van der Waals surface area contributed by atoms with Crippen LogP contribution in [-0.2, 0) is 0 Å². The van der Waals surface area contributed by atoms with Crippen molar-refractivity contribution >= 4 is 11.6 Å². The van der Waals surface area contributed by atoms with E-state index in [9.17, 15) is 4.79 Å². The zero-order chi connectivity index (χ0) is 14.7. The molecule has 1 aliphatic heterocycles. The van der Waals surface area contributed by atoms with Gasteiger partial charge < -0.3 is 16.4 Å². The molecule has 0 radical (unpaired) electrons. The molecule has 4 nitrogen and oxygen atoms in total. The van der Waals surface area contributed by atoms with E-state index in [0.29, 0.717) is 17.6 Å². The van der Waals surface area contributed by atoms with E-state index in [4.69, 9.17) is 5.73 Å². The Labute approximate surface area is 126 Å². The lowest BCUT2D eigenvalue weighted by atomic mass is 9.79. The van der Waals surface area contributed by atoms with Gasteiger partial charge in [0.25, 0.3) is 0 Å². The third-order valence-corrected chi connectivity index (χ3v) is 4.96. The summed E-state index contributed by atoms with van der Waals surface area (Å²) in [5, 5.41) is 7.35. The molecule has 1 saturated heterocycles. The number of carbonyl (C=O) groups is 1. The van der Waals surface area contributed by atoms with Crippen molar-refractivity contribution in [2.45, 2.75) is 50.6 Å². The number of anilines is 1. The van der Waals surface area contributed by atoms with Crippen molar-refractivity contribution in [3.63, 3.8) is 0 Å². The largest absolute Gasteiger partial charge is 0.382 e. The highest BCUT2D eigenvalue weighted by atomic mass is 16.1.